The molecule has 0 unspecified atom stereocenters. The van der Waals surface area contributed by atoms with Crippen molar-refractivity contribution in [1.82, 2.24) is 5.32 Å². The molecule has 9 heteroatoms. The summed E-state index contributed by atoms with van der Waals surface area (Å²) in [5.41, 5.74) is 5.94. The zero-order chi connectivity index (χ0) is 17.8. The summed E-state index contributed by atoms with van der Waals surface area (Å²) in [5, 5.41) is 2.40. The maximum absolute atomic E-state index is 12.5. The van der Waals surface area contributed by atoms with Crippen molar-refractivity contribution in [1.29, 1.82) is 0 Å². The Kier molecular flexibility index (Phi) is 7.49. The van der Waals surface area contributed by atoms with Crippen molar-refractivity contribution < 1.29 is 27.1 Å². The van der Waals surface area contributed by atoms with E-state index in [1.54, 1.807) is 0 Å². The molecule has 0 bridgehead atoms. The molecule has 25 heavy (non-hydrogen) atoms. The molecule has 4 nitrogen and oxygen atoms in total. The minimum absolute atomic E-state index is 0. The normalized spacial score (nSPS) is 20.7. The van der Waals surface area contributed by atoms with E-state index in [-0.39, 0.29) is 50.7 Å². The lowest BCUT2D eigenvalue weighted by molar-refractivity contribution is -0.0913. The van der Waals surface area contributed by atoms with Gasteiger partial charge in [0.15, 0.2) is 0 Å². The Labute approximate surface area is 149 Å². The Bertz CT molecular complexity index is 544. The Morgan fingerprint density at radius 2 is 1.60 bits per heavy atom. The second kappa shape index (κ2) is 8.71. The van der Waals surface area contributed by atoms with Crippen LogP contribution in [0.4, 0.5) is 22.4 Å². The van der Waals surface area contributed by atoms with Gasteiger partial charge >= 0.3 is 6.09 Å². The van der Waals surface area contributed by atoms with Gasteiger partial charge in [0.05, 0.1) is 0 Å². The molecule has 142 valence electrons. The van der Waals surface area contributed by atoms with Crippen molar-refractivity contribution in [3.8, 4) is 0 Å². The van der Waals surface area contributed by atoms with Crippen LogP contribution in [0.25, 0.3) is 0 Å². The lowest BCUT2D eigenvalue weighted by Gasteiger charge is -2.34. The highest BCUT2D eigenvalue weighted by atomic mass is 35.5. The molecule has 1 amide bonds. The van der Waals surface area contributed by atoms with E-state index in [9.17, 15) is 22.4 Å². The first-order chi connectivity index (χ1) is 11.2. The summed E-state index contributed by atoms with van der Waals surface area (Å²) < 4.78 is 53.3. The van der Waals surface area contributed by atoms with Gasteiger partial charge in [-0.2, -0.15) is 0 Å². The van der Waals surface area contributed by atoms with Gasteiger partial charge in [-0.3, -0.25) is 0 Å². The van der Waals surface area contributed by atoms with Crippen LogP contribution in [0.1, 0.15) is 31.2 Å². The number of alkyl halides is 4. The number of hydrogen-bond donors (Lipinski definition) is 2. The van der Waals surface area contributed by atoms with Crippen LogP contribution in [-0.4, -0.2) is 30.0 Å². The van der Waals surface area contributed by atoms with E-state index < -0.39 is 24.0 Å². The number of hydrogen-bond acceptors (Lipinski definition) is 3. The van der Waals surface area contributed by atoms with Gasteiger partial charge in [0.25, 0.3) is 11.8 Å². The van der Waals surface area contributed by atoms with E-state index in [0.717, 1.165) is 5.56 Å². The lowest BCUT2D eigenvalue weighted by Crippen LogP contribution is -2.50. The number of amides is 1. The number of nitrogens with one attached hydrogen (secondary N) is 1. The maximum atomic E-state index is 12.5. The summed E-state index contributed by atoms with van der Waals surface area (Å²) in [5.74, 6) is -5.06. The standard InChI is InChI=1S/C12H13F2NO2.C4H7F2N.ClH/c13-12(14)6-10(7-12)15-11(16)17-8-9-4-2-1-3-5-9;5-4(6)1-3(7)2-4;/h1-5,10H,6-8H2,(H,15,16);3H,1-2,7H2;1H. The number of carbonyl (C=O) groups excluding carboxylic acids is 1. The monoisotopic (exact) mass is 384 g/mol. The van der Waals surface area contributed by atoms with E-state index in [0.29, 0.717) is 0 Å². The SMILES string of the molecule is Cl.NC1CC(F)(F)C1.O=C(NC1CC(F)(F)C1)OCc1ccccc1. The number of carbonyl (C=O) groups is 1. The Balaban J connectivity index is 0.000000330. The number of alkyl carbamates (subject to hydrolysis) is 1. The molecule has 0 atom stereocenters. The van der Waals surface area contributed by atoms with Gasteiger partial charge in [-0.05, 0) is 5.56 Å². The van der Waals surface area contributed by atoms with Crippen LogP contribution in [0.15, 0.2) is 30.3 Å². The number of benzene rings is 1. The number of ether oxygens (including phenoxy) is 1. The molecular formula is C16H21ClF4N2O2. The molecule has 2 saturated carbocycles. The topological polar surface area (TPSA) is 64.4 Å². The van der Waals surface area contributed by atoms with E-state index >= 15 is 0 Å². The molecule has 2 fully saturated rings. The van der Waals surface area contributed by atoms with Crippen LogP contribution < -0.4 is 11.1 Å². The number of nitrogens with two attached hydrogens (primary N) is 1. The van der Waals surface area contributed by atoms with Gasteiger partial charge in [0.2, 0.25) is 0 Å². The summed E-state index contributed by atoms with van der Waals surface area (Å²) in [6.45, 7) is 0.149. The molecule has 0 aromatic heterocycles. The Morgan fingerprint density at radius 3 is 2.00 bits per heavy atom. The molecule has 1 aromatic rings. The van der Waals surface area contributed by atoms with Gasteiger partial charge in [-0.1, -0.05) is 30.3 Å². The highest BCUT2D eigenvalue weighted by Gasteiger charge is 2.46. The van der Waals surface area contributed by atoms with Crippen LogP contribution in [0.3, 0.4) is 0 Å². The number of halogens is 5. The van der Waals surface area contributed by atoms with Crippen molar-refractivity contribution in [2.75, 3.05) is 0 Å². The largest absolute Gasteiger partial charge is 0.445 e. The lowest BCUT2D eigenvalue weighted by atomic mass is 9.88. The predicted molar refractivity (Wildman–Crippen MR) is 87.1 cm³/mol. The molecule has 0 heterocycles. The molecule has 2 aliphatic carbocycles. The van der Waals surface area contributed by atoms with Crippen LogP contribution >= 0.6 is 12.4 Å². The third-order valence-corrected chi connectivity index (χ3v) is 3.75. The number of rotatable bonds is 3. The fourth-order valence-electron chi connectivity index (χ4n) is 2.40. The summed E-state index contributed by atoms with van der Waals surface area (Å²) in [6, 6.07) is 8.48. The molecule has 3 rings (SSSR count). The Morgan fingerprint density at radius 1 is 1.08 bits per heavy atom. The Hall–Kier alpha value is -1.54. The van der Waals surface area contributed by atoms with E-state index in [1.807, 2.05) is 30.3 Å². The molecular weight excluding hydrogens is 364 g/mol. The summed E-state index contributed by atoms with van der Waals surface area (Å²) in [7, 11) is 0. The van der Waals surface area contributed by atoms with Crippen LogP contribution in [0, 0.1) is 0 Å². The molecule has 1 aromatic carbocycles. The zero-order valence-electron chi connectivity index (χ0n) is 13.4. The summed E-state index contributed by atoms with van der Waals surface area (Å²) in [4.78, 5) is 11.3. The van der Waals surface area contributed by atoms with Crippen molar-refractivity contribution in [3.05, 3.63) is 35.9 Å². The third-order valence-electron chi connectivity index (χ3n) is 3.75. The van der Waals surface area contributed by atoms with E-state index in [1.165, 1.54) is 0 Å². The maximum Gasteiger partial charge on any atom is 0.407 e. The van der Waals surface area contributed by atoms with Gasteiger partial charge < -0.3 is 15.8 Å². The second-order valence-corrected chi connectivity index (χ2v) is 6.19. The van der Waals surface area contributed by atoms with Gasteiger partial charge in [-0.15, -0.1) is 12.4 Å². The summed E-state index contributed by atoms with van der Waals surface area (Å²) in [6.07, 6.45) is -1.48. The predicted octanol–water partition coefficient (Wildman–Crippen LogP) is 3.88. The average molecular weight is 385 g/mol. The zero-order valence-corrected chi connectivity index (χ0v) is 14.2. The minimum Gasteiger partial charge on any atom is -0.445 e. The first kappa shape index (κ1) is 21.5. The molecule has 0 radical (unpaired) electrons. The fraction of sp³-hybridized carbons (Fsp3) is 0.562. The van der Waals surface area contributed by atoms with Gasteiger partial charge in [-0.25, -0.2) is 22.4 Å². The first-order valence-corrected chi connectivity index (χ1v) is 7.64. The second-order valence-electron chi connectivity index (χ2n) is 6.19. The third kappa shape index (κ3) is 7.48. The van der Waals surface area contributed by atoms with Gasteiger partial charge in [0.1, 0.15) is 6.61 Å². The van der Waals surface area contributed by atoms with Crippen LogP contribution in [-0.2, 0) is 11.3 Å². The van der Waals surface area contributed by atoms with Gasteiger partial charge in [0, 0.05) is 37.8 Å². The van der Waals surface area contributed by atoms with Crippen LogP contribution in [0.5, 0.6) is 0 Å². The fourth-order valence-corrected chi connectivity index (χ4v) is 2.40. The summed E-state index contributed by atoms with van der Waals surface area (Å²) >= 11 is 0. The minimum atomic E-state index is -2.63. The first-order valence-electron chi connectivity index (χ1n) is 7.64. The van der Waals surface area contributed by atoms with E-state index in [2.05, 4.69) is 5.32 Å². The molecule has 0 aliphatic heterocycles. The average Bonchev–Trinajstić information content (AvgIpc) is 2.43. The molecule has 3 N–H and O–H groups in total. The van der Waals surface area contributed by atoms with Crippen molar-refractivity contribution in [2.24, 2.45) is 5.73 Å². The molecule has 0 saturated heterocycles. The quantitative estimate of drug-likeness (QED) is 0.777. The smallest absolute Gasteiger partial charge is 0.407 e. The van der Waals surface area contributed by atoms with Crippen molar-refractivity contribution >= 4 is 18.5 Å². The molecule has 2 aliphatic rings. The highest BCUT2D eigenvalue weighted by Crippen LogP contribution is 2.37. The molecule has 0 spiro atoms. The van der Waals surface area contributed by atoms with E-state index in [4.69, 9.17) is 10.5 Å². The highest BCUT2D eigenvalue weighted by molar-refractivity contribution is 5.85. The van der Waals surface area contributed by atoms with Crippen molar-refractivity contribution in [2.45, 2.75) is 56.2 Å². The van der Waals surface area contributed by atoms with Crippen molar-refractivity contribution in [3.63, 3.8) is 0 Å². The van der Waals surface area contributed by atoms with Crippen LogP contribution in [0.2, 0.25) is 0 Å².